The maximum absolute atomic E-state index is 12.1. The molecule has 0 radical (unpaired) electrons. The summed E-state index contributed by atoms with van der Waals surface area (Å²) in [6.07, 6.45) is 10.9. The number of aromatic nitrogens is 3. The van der Waals surface area contributed by atoms with Crippen LogP contribution in [-0.2, 0) is 6.42 Å². The van der Waals surface area contributed by atoms with Crippen molar-refractivity contribution in [2.75, 3.05) is 12.4 Å². The lowest BCUT2D eigenvalue weighted by Gasteiger charge is -2.24. The summed E-state index contributed by atoms with van der Waals surface area (Å²) < 4.78 is 4.18. The van der Waals surface area contributed by atoms with Crippen molar-refractivity contribution in [2.45, 2.75) is 46.1 Å². The topological polar surface area (TPSA) is 114 Å². The number of hydrogen-bond donors (Lipinski definition) is 4. The molecule has 0 saturated heterocycles. The Morgan fingerprint density at radius 3 is 2.62 bits per heavy atom. The molecule has 0 spiro atoms. The van der Waals surface area contributed by atoms with Crippen molar-refractivity contribution in [3.63, 3.8) is 0 Å². The average Bonchev–Trinajstić information content (AvgIpc) is 3.47. The summed E-state index contributed by atoms with van der Waals surface area (Å²) in [6, 6.07) is 11.9. The molecule has 0 bridgehead atoms. The summed E-state index contributed by atoms with van der Waals surface area (Å²) in [6.45, 7) is 8.33. The fourth-order valence-electron chi connectivity index (χ4n) is 4.59. The van der Waals surface area contributed by atoms with Crippen LogP contribution in [0.5, 0.6) is 0 Å². The number of carbonyl (C=O) groups is 1. The fraction of sp³-hybridized carbons (Fsp3) is 0.276. The molecule has 0 aliphatic rings. The Morgan fingerprint density at radius 1 is 1.19 bits per heavy atom. The summed E-state index contributed by atoms with van der Waals surface area (Å²) in [5.41, 5.74) is 12.3. The molecule has 8 nitrogen and oxygen atoms in total. The van der Waals surface area contributed by atoms with Crippen LogP contribution in [0.1, 0.15) is 55.7 Å². The number of fused-ring (bicyclic) bond motifs is 1. The van der Waals surface area contributed by atoms with E-state index in [-0.39, 0.29) is 5.54 Å². The smallest absolute Gasteiger partial charge is 0.250 e. The van der Waals surface area contributed by atoms with Gasteiger partial charge in [-0.25, -0.2) is 4.98 Å². The summed E-state index contributed by atoms with van der Waals surface area (Å²) in [5, 5.41) is 15.3. The first-order valence-electron chi connectivity index (χ1n) is 12.4. The predicted octanol–water partition coefficient (Wildman–Crippen LogP) is 5.29. The zero-order chi connectivity index (χ0) is 26.7. The molecule has 0 saturated carbocycles. The minimum Gasteiger partial charge on any atom is -0.393 e. The van der Waals surface area contributed by atoms with Gasteiger partial charge < -0.3 is 30.9 Å². The third-order valence-corrected chi connectivity index (χ3v) is 6.07. The van der Waals surface area contributed by atoms with Gasteiger partial charge in [-0.05, 0) is 63.1 Å². The monoisotopic (exact) mass is 497 g/mol. The van der Waals surface area contributed by atoms with Crippen LogP contribution in [0, 0.1) is 5.41 Å². The molecule has 0 fully saturated rings. The molecule has 2 heterocycles. The molecule has 0 aliphatic carbocycles. The van der Waals surface area contributed by atoms with Crippen molar-refractivity contribution in [3.8, 4) is 11.4 Å². The first kappa shape index (κ1) is 25.8. The molecule has 5 N–H and O–H groups in total. The molecule has 2 aromatic heterocycles. The van der Waals surface area contributed by atoms with Crippen LogP contribution in [0.4, 0.5) is 5.69 Å². The highest BCUT2D eigenvalue weighted by Crippen LogP contribution is 2.33. The maximum Gasteiger partial charge on any atom is 0.250 e. The molecule has 2 aromatic carbocycles. The van der Waals surface area contributed by atoms with Crippen LogP contribution in [0.3, 0.4) is 0 Å². The Morgan fingerprint density at radius 2 is 1.97 bits per heavy atom. The Bertz CT molecular complexity index is 1480. The van der Waals surface area contributed by atoms with E-state index in [1.165, 1.54) is 11.8 Å². The molecule has 0 aliphatic heterocycles. The molecular weight excluding hydrogens is 462 g/mol. The Hall–Kier alpha value is -4.33. The van der Waals surface area contributed by atoms with Gasteiger partial charge in [-0.1, -0.05) is 19.4 Å². The number of nitrogens with zero attached hydrogens (tertiary/aromatic N) is 3. The minimum atomic E-state index is -0.461. The number of amides is 1. The van der Waals surface area contributed by atoms with E-state index in [9.17, 15) is 4.79 Å². The third kappa shape index (κ3) is 5.28. The van der Waals surface area contributed by atoms with Crippen LogP contribution in [0.25, 0.3) is 27.9 Å². The number of nitrogens with two attached hydrogens (primary N) is 1. The van der Waals surface area contributed by atoms with E-state index < -0.39 is 5.91 Å². The summed E-state index contributed by atoms with van der Waals surface area (Å²) in [5.74, 6) is -0.461. The first-order valence-corrected chi connectivity index (χ1v) is 12.4. The highest BCUT2D eigenvalue weighted by molar-refractivity contribution is 6.07. The van der Waals surface area contributed by atoms with E-state index in [4.69, 9.17) is 11.1 Å². The van der Waals surface area contributed by atoms with Gasteiger partial charge in [0.25, 0.3) is 5.91 Å². The van der Waals surface area contributed by atoms with Crippen LogP contribution in [0.15, 0.2) is 61.3 Å². The van der Waals surface area contributed by atoms with Gasteiger partial charge >= 0.3 is 0 Å². The van der Waals surface area contributed by atoms with E-state index in [1.54, 1.807) is 25.6 Å². The summed E-state index contributed by atoms with van der Waals surface area (Å²) in [7, 11) is 1.80. The number of carbonyl (C=O) groups excluding carboxylic acids is 1. The second-order valence-corrected chi connectivity index (χ2v) is 10.1. The van der Waals surface area contributed by atoms with Crippen molar-refractivity contribution in [3.05, 3.63) is 78.1 Å². The fourth-order valence-corrected chi connectivity index (χ4v) is 4.59. The standard InChI is InChI=1S/C29H35N7O/c1-6-8-19-16-36(21-11-12-22(28(31)37)23(13-21)34-29(2,3)4)26-10-7-9-25(27(19)26)35-17-24(33-18-35)20(14-30)15-32-5/h7,9-18,30,32,34H,6,8H2,1-5H3,(H2,31,37)/b20-15+,30-14?. The second-order valence-electron chi connectivity index (χ2n) is 10.1. The van der Waals surface area contributed by atoms with Gasteiger partial charge in [0.05, 0.1) is 28.8 Å². The molecule has 37 heavy (non-hydrogen) atoms. The summed E-state index contributed by atoms with van der Waals surface area (Å²) in [4.78, 5) is 16.7. The number of aryl methyl sites for hydroxylation is 1. The minimum absolute atomic E-state index is 0.238. The van der Waals surface area contributed by atoms with Gasteiger partial charge in [0.2, 0.25) is 0 Å². The number of nitrogens with one attached hydrogen (secondary N) is 3. The van der Waals surface area contributed by atoms with Gasteiger partial charge in [-0.15, -0.1) is 0 Å². The number of imidazole rings is 1. The van der Waals surface area contributed by atoms with Gasteiger partial charge in [0.1, 0.15) is 0 Å². The number of hydrogen-bond acceptors (Lipinski definition) is 5. The zero-order valence-electron chi connectivity index (χ0n) is 22.1. The van der Waals surface area contributed by atoms with Crippen molar-refractivity contribution >= 4 is 34.3 Å². The molecule has 4 aromatic rings. The van der Waals surface area contributed by atoms with Crippen LogP contribution >= 0.6 is 0 Å². The lowest BCUT2D eigenvalue weighted by atomic mass is 10.1. The molecule has 4 rings (SSSR count). The highest BCUT2D eigenvalue weighted by atomic mass is 16.1. The van der Waals surface area contributed by atoms with Crippen LogP contribution in [0.2, 0.25) is 0 Å². The van der Waals surface area contributed by atoms with E-state index >= 15 is 0 Å². The van der Waals surface area contributed by atoms with Crippen molar-refractivity contribution < 1.29 is 4.79 Å². The molecule has 1 amide bonds. The number of anilines is 1. The van der Waals surface area contributed by atoms with Gasteiger partial charge in [0.15, 0.2) is 0 Å². The normalized spacial score (nSPS) is 12.1. The molecular formula is C29H35N7O. The molecule has 0 atom stereocenters. The number of primary amides is 1. The van der Waals surface area contributed by atoms with Gasteiger partial charge in [-0.2, -0.15) is 0 Å². The van der Waals surface area contributed by atoms with Gasteiger partial charge in [0, 0.05) is 59.7 Å². The lowest BCUT2D eigenvalue weighted by molar-refractivity contribution is 0.100. The number of rotatable bonds is 9. The SMILES string of the molecule is CCCc1cn(-c2ccc(C(N)=O)c(NC(C)(C)C)c2)c2cccc(-n3cnc(/C(C=N)=C/NC)c3)c12. The van der Waals surface area contributed by atoms with E-state index in [0.717, 1.165) is 40.8 Å². The van der Waals surface area contributed by atoms with Crippen molar-refractivity contribution in [2.24, 2.45) is 5.73 Å². The van der Waals surface area contributed by atoms with Crippen LogP contribution in [-0.4, -0.2) is 38.8 Å². The quantitative estimate of drug-likeness (QED) is 0.235. The summed E-state index contributed by atoms with van der Waals surface area (Å²) >= 11 is 0. The van der Waals surface area contributed by atoms with E-state index in [0.29, 0.717) is 16.8 Å². The molecule has 192 valence electrons. The highest BCUT2D eigenvalue weighted by Gasteiger charge is 2.19. The van der Waals surface area contributed by atoms with E-state index in [2.05, 4.69) is 66.2 Å². The Kier molecular flexibility index (Phi) is 7.20. The first-order chi connectivity index (χ1) is 17.7. The Balaban J connectivity index is 1.90. The average molecular weight is 498 g/mol. The number of allylic oxidation sites excluding steroid dienone is 1. The third-order valence-electron chi connectivity index (χ3n) is 6.07. The van der Waals surface area contributed by atoms with Crippen molar-refractivity contribution in [1.82, 2.24) is 19.4 Å². The number of benzene rings is 2. The Labute approximate surface area is 217 Å². The zero-order valence-corrected chi connectivity index (χ0v) is 22.1. The predicted molar refractivity (Wildman–Crippen MR) is 152 cm³/mol. The van der Waals surface area contributed by atoms with E-state index in [1.807, 2.05) is 29.0 Å². The molecule has 0 unspecified atom stereocenters. The van der Waals surface area contributed by atoms with Gasteiger partial charge in [-0.3, -0.25) is 4.79 Å². The largest absolute Gasteiger partial charge is 0.393 e. The van der Waals surface area contributed by atoms with Crippen molar-refractivity contribution in [1.29, 1.82) is 5.41 Å². The lowest BCUT2D eigenvalue weighted by Crippen LogP contribution is -2.28. The maximum atomic E-state index is 12.1. The van der Waals surface area contributed by atoms with Crippen LogP contribution < -0.4 is 16.4 Å². The molecule has 8 heteroatoms. The second kappa shape index (κ2) is 10.3.